The van der Waals surface area contributed by atoms with E-state index in [0.29, 0.717) is 25.9 Å². The van der Waals surface area contributed by atoms with Crippen LogP contribution < -0.4 is 0 Å². The number of sulfone groups is 1. The van der Waals surface area contributed by atoms with Crippen LogP contribution in [-0.4, -0.2) is 61.8 Å². The third-order valence-electron chi connectivity index (χ3n) is 4.75. The Bertz CT molecular complexity index is 637. The van der Waals surface area contributed by atoms with Crippen LogP contribution in [-0.2, 0) is 21.2 Å². The fourth-order valence-electron chi connectivity index (χ4n) is 3.44. The number of benzene rings is 1. The molecule has 2 saturated heterocycles. The first-order valence-electron chi connectivity index (χ1n) is 8.29. The molecule has 0 spiro atoms. The van der Waals surface area contributed by atoms with Gasteiger partial charge in [0.05, 0.1) is 17.4 Å². The molecule has 126 valence electrons. The van der Waals surface area contributed by atoms with Crippen LogP contribution in [0.2, 0.25) is 0 Å². The summed E-state index contributed by atoms with van der Waals surface area (Å²) in [6.07, 6.45) is 1.33. The molecule has 1 atom stereocenters. The molecule has 0 saturated carbocycles. The van der Waals surface area contributed by atoms with Gasteiger partial charge in [-0.2, -0.15) is 0 Å². The molecule has 1 amide bonds. The molecule has 23 heavy (non-hydrogen) atoms. The zero-order valence-electron chi connectivity index (χ0n) is 13.4. The maximum atomic E-state index is 12.5. The summed E-state index contributed by atoms with van der Waals surface area (Å²) in [7, 11) is -3.02. The number of nitrogens with zero attached hydrogens (tertiary/aromatic N) is 2. The quantitative estimate of drug-likeness (QED) is 0.831. The van der Waals surface area contributed by atoms with Gasteiger partial charge in [0, 0.05) is 32.7 Å². The molecule has 1 aromatic carbocycles. The van der Waals surface area contributed by atoms with Crippen LogP contribution in [0.1, 0.15) is 18.4 Å². The van der Waals surface area contributed by atoms with Gasteiger partial charge in [0.1, 0.15) is 0 Å². The summed E-state index contributed by atoms with van der Waals surface area (Å²) in [5.41, 5.74) is 1.28. The van der Waals surface area contributed by atoms with Gasteiger partial charge in [0.25, 0.3) is 0 Å². The van der Waals surface area contributed by atoms with Crippen molar-refractivity contribution < 1.29 is 13.2 Å². The topological polar surface area (TPSA) is 57.7 Å². The van der Waals surface area contributed by atoms with Crippen molar-refractivity contribution in [3.05, 3.63) is 35.9 Å². The Morgan fingerprint density at radius 2 is 1.78 bits per heavy atom. The van der Waals surface area contributed by atoms with Gasteiger partial charge in [-0.1, -0.05) is 30.3 Å². The van der Waals surface area contributed by atoms with Gasteiger partial charge in [0.2, 0.25) is 5.91 Å². The van der Waals surface area contributed by atoms with Crippen molar-refractivity contribution in [2.75, 3.05) is 37.7 Å². The molecule has 2 aliphatic rings. The van der Waals surface area contributed by atoms with Crippen LogP contribution in [0.4, 0.5) is 0 Å². The smallest absolute Gasteiger partial charge is 0.226 e. The number of hydrogen-bond donors (Lipinski definition) is 0. The summed E-state index contributed by atoms with van der Waals surface area (Å²) in [6, 6.07) is 10.3. The number of hydrogen-bond acceptors (Lipinski definition) is 4. The van der Waals surface area contributed by atoms with Crippen LogP contribution in [0.25, 0.3) is 0 Å². The normalized spacial score (nSPS) is 25.2. The first kappa shape index (κ1) is 16.5. The number of piperazine rings is 1. The number of rotatable bonds is 3. The van der Waals surface area contributed by atoms with E-state index in [-0.39, 0.29) is 23.3 Å². The first-order chi connectivity index (χ1) is 11.0. The molecule has 2 heterocycles. The van der Waals surface area contributed by atoms with Gasteiger partial charge in [0.15, 0.2) is 9.84 Å². The zero-order chi connectivity index (χ0) is 16.3. The molecular formula is C17H24N2O3S. The van der Waals surface area contributed by atoms with Crippen molar-refractivity contribution in [2.24, 2.45) is 5.92 Å². The van der Waals surface area contributed by atoms with E-state index in [9.17, 15) is 13.2 Å². The number of carbonyl (C=O) groups excluding carboxylic acids is 1. The van der Waals surface area contributed by atoms with Crippen LogP contribution in [0.15, 0.2) is 30.3 Å². The summed E-state index contributed by atoms with van der Waals surface area (Å²) < 4.78 is 23.4. The first-order valence-corrected chi connectivity index (χ1v) is 10.1. The Kier molecular flexibility index (Phi) is 5.02. The maximum absolute atomic E-state index is 12.5. The van der Waals surface area contributed by atoms with Crippen molar-refractivity contribution >= 4 is 15.7 Å². The highest BCUT2D eigenvalue weighted by molar-refractivity contribution is 7.91. The lowest BCUT2D eigenvalue weighted by Gasteiger charge is -2.37. The molecule has 2 aliphatic heterocycles. The van der Waals surface area contributed by atoms with Crippen molar-refractivity contribution in [1.82, 2.24) is 9.80 Å². The second-order valence-electron chi connectivity index (χ2n) is 6.54. The fraction of sp³-hybridized carbons (Fsp3) is 0.588. The van der Waals surface area contributed by atoms with Gasteiger partial charge >= 0.3 is 0 Å². The molecular weight excluding hydrogens is 312 g/mol. The van der Waals surface area contributed by atoms with E-state index < -0.39 is 9.84 Å². The van der Waals surface area contributed by atoms with Crippen molar-refractivity contribution in [2.45, 2.75) is 19.4 Å². The van der Waals surface area contributed by atoms with E-state index in [0.717, 1.165) is 19.6 Å². The van der Waals surface area contributed by atoms with Crippen molar-refractivity contribution in [3.63, 3.8) is 0 Å². The van der Waals surface area contributed by atoms with Crippen LogP contribution in [0, 0.1) is 5.92 Å². The Hall–Kier alpha value is -1.40. The Labute approximate surface area is 138 Å². The Morgan fingerprint density at radius 1 is 1.09 bits per heavy atom. The van der Waals surface area contributed by atoms with Gasteiger partial charge < -0.3 is 4.90 Å². The molecule has 0 N–H and O–H groups in total. The molecule has 0 bridgehead atoms. The zero-order valence-corrected chi connectivity index (χ0v) is 14.2. The average molecular weight is 336 g/mol. The predicted molar refractivity (Wildman–Crippen MR) is 89.7 cm³/mol. The third-order valence-corrected chi connectivity index (χ3v) is 6.57. The summed E-state index contributed by atoms with van der Waals surface area (Å²) >= 11 is 0. The Morgan fingerprint density at radius 3 is 2.43 bits per heavy atom. The maximum Gasteiger partial charge on any atom is 0.226 e. The van der Waals surface area contributed by atoms with E-state index >= 15 is 0 Å². The molecule has 1 aromatic rings. The lowest BCUT2D eigenvalue weighted by molar-refractivity contribution is -0.137. The highest BCUT2D eigenvalue weighted by Crippen LogP contribution is 2.21. The minimum absolute atomic E-state index is 0.0348. The predicted octanol–water partition coefficient (Wildman–Crippen LogP) is 1.16. The van der Waals surface area contributed by atoms with E-state index in [1.807, 2.05) is 23.1 Å². The standard InChI is InChI=1S/C17H24N2O3S/c20-17(16-7-4-12-23(21,22)14-16)19-10-8-18(9-11-19)13-15-5-2-1-3-6-15/h1-3,5-6,16H,4,7-14H2. The van der Waals surface area contributed by atoms with Gasteiger partial charge in [-0.3, -0.25) is 9.69 Å². The highest BCUT2D eigenvalue weighted by Gasteiger charge is 2.33. The summed E-state index contributed by atoms with van der Waals surface area (Å²) in [5.74, 6) is -0.0143. The number of amides is 1. The molecule has 6 heteroatoms. The lowest BCUT2D eigenvalue weighted by atomic mass is 10.0. The van der Waals surface area contributed by atoms with E-state index in [4.69, 9.17) is 0 Å². The van der Waals surface area contributed by atoms with Crippen LogP contribution in [0.5, 0.6) is 0 Å². The fourth-order valence-corrected chi connectivity index (χ4v) is 5.14. The van der Waals surface area contributed by atoms with Gasteiger partial charge in [-0.05, 0) is 18.4 Å². The lowest BCUT2D eigenvalue weighted by Crippen LogP contribution is -2.51. The van der Waals surface area contributed by atoms with Crippen molar-refractivity contribution in [3.8, 4) is 0 Å². The molecule has 5 nitrogen and oxygen atoms in total. The average Bonchev–Trinajstić information content (AvgIpc) is 2.55. The Balaban J connectivity index is 1.51. The summed E-state index contributed by atoms with van der Waals surface area (Å²) in [4.78, 5) is 16.7. The van der Waals surface area contributed by atoms with Crippen LogP contribution >= 0.6 is 0 Å². The van der Waals surface area contributed by atoms with Gasteiger partial charge in [-0.15, -0.1) is 0 Å². The largest absolute Gasteiger partial charge is 0.340 e. The third kappa shape index (κ3) is 4.32. The monoisotopic (exact) mass is 336 g/mol. The molecule has 1 unspecified atom stereocenters. The van der Waals surface area contributed by atoms with Gasteiger partial charge in [-0.25, -0.2) is 8.42 Å². The van der Waals surface area contributed by atoms with E-state index in [1.165, 1.54) is 5.56 Å². The molecule has 3 rings (SSSR count). The second-order valence-corrected chi connectivity index (χ2v) is 8.77. The van der Waals surface area contributed by atoms with Crippen molar-refractivity contribution in [1.29, 1.82) is 0 Å². The second kappa shape index (κ2) is 7.01. The minimum Gasteiger partial charge on any atom is -0.340 e. The molecule has 2 fully saturated rings. The highest BCUT2D eigenvalue weighted by atomic mass is 32.2. The van der Waals surface area contributed by atoms with E-state index in [2.05, 4.69) is 17.0 Å². The molecule has 0 radical (unpaired) electrons. The molecule has 0 aromatic heterocycles. The summed E-state index contributed by atoms with van der Waals surface area (Å²) in [6.45, 7) is 3.99. The molecule has 0 aliphatic carbocycles. The van der Waals surface area contributed by atoms with E-state index in [1.54, 1.807) is 0 Å². The minimum atomic E-state index is -3.02. The number of carbonyl (C=O) groups is 1. The summed E-state index contributed by atoms with van der Waals surface area (Å²) in [5, 5.41) is 0. The SMILES string of the molecule is O=C(C1CCCS(=O)(=O)C1)N1CCN(Cc2ccccc2)CC1. The van der Waals surface area contributed by atoms with Crippen LogP contribution in [0.3, 0.4) is 0 Å².